The van der Waals surface area contributed by atoms with Crippen molar-refractivity contribution >= 4 is 23.6 Å². The van der Waals surface area contributed by atoms with Gasteiger partial charge >= 0.3 is 5.97 Å². The van der Waals surface area contributed by atoms with Crippen molar-refractivity contribution in [2.75, 3.05) is 31.1 Å². The molecule has 0 aromatic heterocycles. The molecular formula is C19H26N2O3S. The number of benzene rings is 1. The van der Waals surface area contributed by atoms with E-state index in [9.17, 15) is 9.59 Å². The molecule has 2 fully saturated rings. The number of nitrogens with zero attached hydrogens (tertiary/aromatic N) is 2. The van der Waals surface area contributed by atoms with Crippen LogP contribution in [-0.4, -0.2) is 64.0 Å². The molecule has 2 heterocycles. The molecule has 2 saturated heterocycles. The number of amides is 1. The van der Waals surface area contributed by atoms with Gasteiger partial charge in [0.15, 0.2) is 0 Å². The number of carbonyl (C=O) groups excluding carboxylic acids is 1. The second kappa shape index (κ2) is 8.72. The smallest absolute Gasteiger partial charge is 0.305 e. The zero-order valence-electron chi connectivity index (χ0n) is 14.5. The summed E-state index contributed by atoms with van der Waals surface area (Å²) in [5, 5.41) is 9.10. The van der Waals surface area contributed by atoms with Crippen LogP contribution in [0.25, 0.3) is 0 Å². The molecule has 3 rings (SSSR count). The van der Waals surface area contributed by atoms with Gasteiger partial charge in [-0.25, -0.2) is 0 Å². The van der Waals surface area contributed by atoms with Crippen molar-refractivity contribution in [3.05, 3.63) is 35.9 Å². The quantitative estimate of drug-likeness (QED) is 0.871. The van der Waals surface area contributed by atoms with Crippen LogP contribution in [0, 0.1) is 5.92 Å². The number of likely N-dealkylation sites (tertiary alicyclic amines) is 1. The summed E-state index contributed by atoms with van der Waals surface area (Å²) in [7, 11) is 0. The predicted molar refractivity (Wildman–Crippen MR) is 99.5 cm³/mol. The van der Waals surface area contributed by atoms with E-state index in [2.05, 4.69) is 29.2 Å². The van der Waals surface area contributed by atoms with Crippen LogP contribution in [0.5, 0.6) is 0 Å². The Hall–Kier alpha value is -1.53. The molecule has 0 bridgehead atoms. The van der Waals surface area contributed by atoms with Gasteiger partial charge in [0.1, 0.15) is 0 Å². The molecular weight excluding hydrogens is 336 g/mol. The lowest BCUT2D eigenvalue weighted by Gasteiger charge is -2.39. The van der Waals surface area contributed by atoms with Crippen LogP contribution >= 0.6 is 11.8 Å². The zero-order valence-corrected chi connectivity index (χ0v) is 15.3. The second-order valence-electron chi connectivity index (χ2n) is 6.89. The molecule has 0 spiro atoms. The Kier molecular flexibility index (Phi) is 6.37. The minimum Gasteiger partial charge on any atom is -0.481 e. The van der Waals surface area contributed by atoms with Gasteiger partial charge in [-0.1, -0.05) is 30.3 Å². The minimum atomic E-state index is -0.817. The molecule has 5 nitrogen and oxygen atoms in total. The number of rotatable bonds is 5. The number of carboxylic acid groups (broad SMARTS) is 1. The highest BCUT2D eigenvalue weighted by molar-refractivity contribution is 7.99. The zero-order chi connectivity index (χ0) is 17.6. The Morgan fingerprint density at radius 1 is 1.12 bits per heavy atom. The summed E-state index contributed by atoms with van der Waals surface area (Å²) in [4.78, 5) is 28.2. The van der Waals surface area contributed by atoms with E-state index >= 15 is 0 Å². The highest BCUT2D eigenvalue weighted by Gasteiger charge is 2.34. The van der Waals surface area contributed by atoms with E-state index in [0.717, 1.165) is 44.0 Å². The van der Waals surface area contributed by atoms with Crippen molar-refractivity contribution in [1.29, 1.82) is 0 Å². The van der Waals surface area contributed by atoms with Crippen molar-refractivity contribution in [3.8, 4) is 0 Å². The van der Waals surface area contributed by atoms with Gasteiger partial charge in [0, 0.05) is 30.5 Å². The molecule has 136 valence electrons. The molecule has 0 radical (unpaired) electrons. The lowest BCUT2D eigenvalue weighted by Crippen LogP contribution is -2.51. The molecule has 0 saturated carbocycles. The molecule has 1 N–H and O–H groups in total. The molecule has 0 aliphatic carbocycles. The summed E-state index contributed by atoms with van der Waals surface area (Å²) in [6.45, 7) is 3.48. The Bertz CT molecular complexity index is 588. The number of carboxylic acids is 1. The average molecular weight is 362 g/mol. The Balaban J connectivity index is 1.52. The second-order valence-corrected chi connectivity index (χ2v) is 8.04. The lowest BCUT2D eigenvalue weighted by molar-refractivity contribution is -0.143. The van der Waals surface area contributed by atoms with Crippen LogP contribution in [0.15, 0.2) is 30.3 Å². The standard InChI is InChI=1S/C19H26N2O3S/c22-18(23)12-17-14-25-11-10-21(17)19(24)16-6-8-20(9-7-16)13-15-4-2-1-3-5-15/h1-5,16-17H,6-14H2,(H,22,23). The predicted octanol–water partition coefficient (Wildman–Crippen LogP) is 2.32. The fourth-order valence-corrected chi connectivity index (χ4v) is 4.79. The summed E-state index contributed by atoms with van der Waals surface area (Å²) in [5.74, 6) is 1.06. The normalized spacial score (nSPS) is 22.7. The van der Waals surface area contributed by atoms with Crippen LogP contribution in [0.2, 0.25) is 0 Å². The fraction of sp³-hybridized carbons (Fsp3) is 0.579. The number of aliphatic carboxylic acids is 1. The van der Waals surface area contributed by atoms with Gasteiger partial charge in [-0.15, -0.1) is 0 Å². The van der Waals surface area contributed by atoms with Crippen LogP contribution in [-0.2, 0) is 16.1 Å². The lowest BCUT2D eigenvalue weighted by atomic mass is 9.94. The third kappa shape index (κ3) is 4.98. The number of hydrogen-bond acceptors (Lipinski definition) is 4. The van der Waals surface area contributed by atoms with E-state index in [0.29, 0.717) is 6.54 Å². The Morgan fingerprint density at radius 3 is 2.52 bits per heavy atom. The highest BCUT2D eigenvalue weighted by Crippen LogP contribution is 2.26. The SMILES string of the molecule is O=C(O)CC1CSCCN1C(=O)C1CCN(Cc2ccccc2)CC1. The van der Waals surface area contributed by atoms with Gasteiger partial charge in [-0.2, -0.15) is 11.8 Å². The summed E-state index contributed by atoms with van der Waals surface area (Å²) < 4.78 is 0. The van der Waals surface area contributed by atoms with Crippen LogP contribution < -0.4 is 0 Å². The first-order valence-electron chi connectivity index (χ1n) is 9.00. The minimum absolute atomic E-state index is 0.0476. The van der Waals surface area contributed by atoms with Gasteiger partial charge in [0.2, 0.25) is 5.91 Å². The third-order valence-electron chi connectivity index (χ3n) is 5.11. The van der Waals surface area contributed by atoms with Crippen molar-refractivity contribution in [3.63, 3.8) is 0 Å². The van der Waals surface area contributed by atoms with Crippen LogP contribution in [0.3, 0.4) is 0 Å². The van der Waals surface area contributed by atoms with E-state index < -0.39 is 5.97 Å². The highest BCUT2D eigenvalue weighted by atomic mass is 32.2. The summed E-state index contributed by atoms with van der Waals surface area (Å²) in [6.07, 6.45) is 1.80. The van der Waals surface area contributed by atoms with Crippen LogP contribution in [0.1, 0.15) is 24.8 Å². The summed E-state index contributed by atoms with van der Waals surface area (Å²) in [6, 6.07) is 10.3. The van der Waals surface area contributed by atoms with Crippen molar-refractivity contribution in [2.45, 2.75) is 31.8 Å². The Labute approximate surface area is 153 Å². The molecule has 2 aliphatic rings. The maximum atomic E-state index is 12.9. The number of carbonyl (C=O) groups is 2. The first-order chi connectivity index (χ1) is 12.1. The molecule has 1 atom stereocenters. The monoisotopic (exact) mass is 362 g/mol. The van der Waals surface area contributed by atoms with E-state index in [1.807, 2.05) is 11.0 Å². The van der Waals surface area contributed by atoms with E-state index in [1.54, 1.807) is 11.8 Å². The van der Waals surface area contributed by atoms with Gasteiger partial charge in [-0.05, 0) is 31.5 Å². The molecule has 1 aromatic rings. The van der Waals surface area contributed by atoms with Crippen LogP contribution in [0.4, 0.5) is 0 Å². The number of thioether (sulfide) groups is 1. The fourth-order valence-electron chi connectivity index (χ4n) is 3.73. The number of hydrogen-bond donors (Lipinski definition) is 1. The first-order valence-corrected chi connectivity index (χ1v) is 10.2. The topological polar surface area (TPSA) is 60.9 Å². The molecule has 2 aliphatic heterocycles. The molecule has 1 amide bonds. The average Bonchev–Trinajstić information content (AvgIpc) is 2.63. The molecule has 1 unspecified atom stereocenters. The van der Waals surface area contributed by atoms with E-state index in [1.165, 1.54) is 5.56 Å². The van der Waals surface area contributed by atoms with E-state index in [4.69, 9.17) is 5.11 Å². The maximum absolute atomic E-state index is 12.9. The van der Waals surface area contributed by atoms with Crippen molar-refractivity contribution in [1.82, 2.24) is 9.80 Å². The summed E-state index contributed by atoms with van der Waals surface area (Å²) >= 11 is 1.75. The van der Waals surface area contributed by atoms with Crippen molar-refractivity contribution in [2.24, 2.45) is 5.92 Å². The largest absolute Gasteiger partial charge is 0.481 e. The third-order valence-corrected chi connectivity index (χ3v) is 6.20. The summed E-state index contributed by atoms with van der Waals surface area (Å²) in [5.41, 5.74) is 1.31. The molecule has 1 aromatic carbocycles. The number of piperidine rings is 1. The van der Waals surface area contributed by atoms with Gasteiger partial charge in [-0.3, -0.25) is 14.5 Å². The van der Waals surface area contributed by atoms with Crippen molar-refractivity contribution < 1.29 is 14.7 Å². The molecule has 6 heteroatoms. The Morgan fingerprint density at radius 2 is 1.84 bits per heavy atom. The van der Waals surface area contributed by atoms with Gasteiger partial charge in [0.25, 0.3) is 0 Å². The first kappa shape index (κ1) is 18.3. The van der Waals surface area contributed by atoms with E-state index in [-0.39, 0.29) is 24.3 Å². The van der Waals surface area contributed by atoms with Gasteiger partial charge < -0.3 is 10.0 Å². The molecule has 25 heavy (non-hydrogen) atoms. The van der Waals surface area contributed by atoms with Gasteiger partial charge in [0.05, 0.1) is 12.5 Å². The maximum Gasteiger partial charge on any atom is 0.305 e.